The van der Waals surface area contributed by atoms with Gasteiger partial charge in [-0.2, -0.15) is 17.5 Å². The summed E-state index contributed by atoms with van der Waals surface area (Å²) < 4.78 is 117. The van der Waals surface area contributed by atoms with E-state index in [-0.39, 0.29) is 53.6 Å². The van der Waals surface area contributed by atoms with Crippen LogP contribution in [0.1, 0.15) is 96.7 Å². The molecule has 3 aliphatic carbocycles. The van der Waals surface area contributed by atoms with Crippen molar-refractivity contribution < 1.29 is 58.9 Å². The fraction of sp³-hybridized carbons (Fsp3) is 0.419. The van der Waals surface area contributed by atoms with Crippen LogP contribution in [0.25, 0.3) is 11.3 Å². The molecule has 0 amide bonds. The Morgan fingerprint density at radius 2 is 1.69 bits per heavy atom. The maximum atomic E-state index is 14.5. The fourth-order valence-corrected chi connectivity index (χ4v) is 9.45. The summed E-state index contributed by atoms with van der Waals surface area (Å²) in [5, 5.41) is 23.7. The molecule has 4 aromatic rings. The number of sulfonamides is 1. The highest BCUT2D eigenvalue weighted by molar-refractivity contribution is 7.88. The first-order chi connectivity index (χ1) is 27.5. The van der Waals surface area contributed by atoms with E-state index in [0.29, 0.717) is 48.8 Å². The molecular weight excluding hydrogens is 824 g/mol. The summed E-state index contributed by atoms with van der Waals surface area (Å²) in [6.07, 6.45) is -4.80. The molecule has 3 aliphatic rings. The Bertz CT molecular complexity index is 2330. The van der Waals surface area contributed by atoms with Crippen LogP contribution in [0.15, 0.2) is 88.9 Å². The molecule has 16 heteroatoms. The van der Waals surface area contributed by atoms with E-state index in [4.69, 9.17) is 16.0 Å². The molecule has 0 spiro atoms. The van der Waals surface area contributed by atoms with Crippen LogP contribution in [0.3, 0.4) is 0 Å². The minimum atomic E-state index is -4.91. The maximum absolute atomic E-state index is 14.5. The lowest BCUT2D eigenvalue weighted by Crippen LogP contribution is -2.53. The van der Waals surface area contributed by atoms with Gasteiger partial charge < -0.3 is 19.4 Å². The molecule has 3 aromatic carbocycles. The SMILES string of the molecule is CC1=CCCC2(C)C(CCC2(O)CN(Cc2ccc(OC(F)(F)F)cc2)S(C)(=O)=O)c2ccc(cc2C(=O)c2ccc(-c3cc(C(F)(F)F)ccc3Cl)o2)CC(O)CC1. The maximum Gasteiger partial charge on any atom is 0.573 e. The van der Waals surface area contributed by atoms with E-state index in [1.807, 2.05) is 19.9 Å². The van der Waals surface area contributed by atoms with Gasteiger partial charge in [-0.3, -0.25) is 4.79 Å². The topological polar surface area (TPSA) is 117 Å². The third-order valence-corrected chi connectivity index (χ3v) is 13.3. The van der Waals surface area contributed by atoms with E-state index >= 15 is 0 Å². The fourth-order valence-electron chi connectivity index (χ4n) is 8.41. The average molecular weight is 868 g/mol. The Labute approximate surface area is 343 Å². The van der Waals surface area contributed by atoms with Crippen LogP contribution in [0.2, 0.25) is 5.02 Å². The van der Waals surface area contributed by atoms with Gasteiger partial charge in [0, 0.05) is 29.6 Å². The van der Waals surface area contributed by atoms with Gasteiger partial charge in [-0.15, -0.1) is 13.2 Å². The van der Waals surface area contributed by atoms with Gasteiger partial charge in [-0.05, 0) is 123 Å². The van der Waals surface area contributed by atoms with Crippen molar-refractivity contribution in [3.05, 3.63) is 123 Å². The molecule has 1 heterocycles. The number of ether oxygens (including phenoxy) is 1. The lowest BCUT2D eigenvalue weighted by Gasteiger charge is -2.45. The van der Waals surface area contributed by atoms with Crippen molar-refractivity contribution in [2.45, 2.75) is 95.5 Å². The zero-order chi connectivity index (χ0) is 43.1. The van der Waals surface area contributed by atoms with Crippen LogP contribution >= 0.6 is 11.6 Å². The third-order valence-electron chi connectivity index (χ3n) is 11.7. The zero-order valence-electron chi connectivity index (χ0n) is 32.5. The van der Waals surface area contributed by atoms with Crippen molar-refractivity contribution in [2.24, 2.45) is 5.41 Å². The first-order valence-corrected chi connectivity index (χ1v) is 21.2. The summed E-state index contributed by atoms with van der Waals surface area (Å²) in [6, 6.07) is 15.5. The second-order valence-corrected chi connectivity index (χ2v) is 18.2. The monoisotopic (exact) mass is 867 g/mol. The standard InChI is InChI=1S/C43H44ClF6NO7S/c1-26-5-4-19-40(2)35(18-20-41(40,54)25-51(59(3,55)56)24-27-7-12-31(13-8-27)58-43(48,49)50)32-14-9-28(21-30(52)11-6-26)22-33(32)39(53)38-17-16-37(57-38)34-23-29(42(45,46)47)10-15-36(34)44/h5,7-10,12-17,22-23,30,35,52,54H,4,6,11,18-21,24-25H2,1-3H3. The number of hydrogen-bond acceptors (Lipinski definition) is 7. The van der Waals surface area contributed by atoms with Gasteiger partial charge in [0.2, 0.25) is 15.8 Å². The van der Waals surface area contributed by atoms with Crippen molar-refractivity contribution in [2.75, 3.05) is 12.8 Å². The normalized spacial score (nSPS) is 23.2. The quantitative estimate of drug-likeness (QED) is 0.0977. The average Bonchev–Trinajstić information content (AvgIpc) is 3.72. The molecular formula is C43H44ClF6NO7S. The minimum absolute atomic E-state index is 0.0228. The molecule has 7 rings (SSSR count). The molecule has 318 valence electrons. The number of carbonyl (C=O) groups excluding carboxylic acids is 1. The molecule has 2 bridgehead atoms. The number of benzene rings is 3. The van der Waals surface area contributed by atoms with Crippen molar-refractivity contribution in [1.82, 2.24) is 4.31 Å². The van der Waals surface area contributed by atoms with Crippen molar-refractivity contribution in [3.8, 4) is 17.1 Å². The van der Waals surface area contributed by atoms with Gasteiger partial charge in [0.15, 0.2) is 5.76 Å². The van der Waals surface area contributed by atoms with Crippen LogP contribution in [0, 0.1) is 5.41 Å². The predicted molar refractivity (Wildman–Crippen MR) is 209 cm³/mol. The van der Waals surface area contributed by atoms with Crippen molar-refractivity contribution >= 4 is 27.4 Å². The molecule has 2 N–H and O–H groups in total. The highest BCUT2D eigenvalue weighted by Gasteiger charge is 2.58. The highest BCUT2D eigenvalue weighted by Crippen LogP contribution is 2.59. The Kier molecular flexibility index (Phi) is 12.6. The molecule has 1 saturated carbocycles. The molecule has 0 aliphatic heterocycles. The van der Waals surface area contributed by atoms with Gasteiger partial charge >= 0.3 is 12.5 Å². The van der Waals surface area contributed by atoms with Crippen LogP contribution in [-0.4, -0.2) is 59.6 Å². The lowest BCUT2D eigenvalue weighted by molar-refractivity contribution is -0.274. The van der Waals surface area contributed by atoms with Gasteiger partial charge in [0.05, 0.1) is 28.5 Å². The van der Waals surface area contributed by atoms with Crippen molar-refractivity contribution in [3.63, 3.8) is 0 Å². The number of nitrogens with zero attached hydrogens (tertiary/aromatic N) is 1. The minimum Gasteiger partial charge on any atom is -0.453 e. The predicted octanol–water partition coefficient (Wildman–Crippen LogP) is 10.2. The van der Waals surface area contributed by atoms with E-state index in [2.05, 4.69) is 4.74 Å². The Hall–Kier alpha value is -4.15. The first-order valence-electron chi connectivity index (χ1n) is 19.0. The number of alkyl halides is 6. The molecule has 4 unspecified atom stereocenters. The van der Waals surface area contributed by atoms with Crippen LogP contribution in [0.4, 0.5) is 26.3 Å². The smallest absolute Gasteiger partial charge is 0.453 e. The molecule has 8 nitrogen and oxygen atoms in total. The van der Waals surface area contributed by atoms with E-state index < -0.39 is 62.7 Å². The zero-order valence-corrected chi connectivity index (χ0v) is 34.0. The summed E-state index contributed by atoms with van der Waals surface area (Å²) in [6.45, 7) is 3.18. The van der Waals surface area contributed by atoms with E-state index in [1.165, 1.54) is 24.3 Å². The summed E-state index contributed by atoms with van der Waals surface area (Å²) in [7, 11) is -4.01. The number of furan rings is 1. The number of aliphatic hydroxyl groups is 2. The van der Waals surface area contributed by atoms with Crippen LogP contribution in [0.5, 0.6) is 5.75 Å². The van der Waals surface area contributed by atoms with Gasteiger partial charge in [-0.25, -0.2) is 8.42 Å². The number of carbonyl (C=O) groups is 1. The molecule has 1 aromatic heterocycles. The van der Waals surface area contributed by atoms with Crippen molar-refractivity contribution in [1.29, 1.82) is 0 Å². The summed E-state index contributed by atoms with van der Waals surface area (Å²) >= 11 is 6.28. The Balaban J connectivity index is 1.40. The molecule has 0 saturated heterocycles. The second-order valence-electron chi connectivity index (χ2n) is 15.9. The summed E-state index contributed by atoms with van der Waals surface area (Å²) in [4.78, 5) is 14.5. The number of fused-ring (bicyclic) bond motifs is 8. The van der Waals surface area contributed by atoms with Crippen LogP contribution in [-0.2, 0) is 29.2 Å². The summed E-state index contributed by atoms with van der Waals surface area (Å²) in [5.74, 6) is -1.85. The number of hydrogen-bond donors (Lipinski definition) is 2. The van der Waals surface area contributed by atoms with Gasteiger partial charge in [0.25, 0.3) is 0 Å². The Morgan fingerprint density at radius 1 is 0.983 bits per heavy atom. The Morgan fingerprint density at radius 3 is 2.36 bits per heavy atom. The molecule has 4 atom stereocenters. The van der Waals surface area contributed by atoms with Crippen LogP contribution < -0.4 is 4.74 Å². The van der Waals surface area contributed by atoms with Gasteiger partial charge in [0.1, 0.15) is 11.5 Å². The van der Waals surface area contributed by atoms with E-state index in [1.54, 1.807) is 18.2 Å². The number of ketones is 1. The number of halogens is 7. The molecule has 59 heavy (non-hydrogen) atoms. The van der Waals surface area contributed by atoms with Gasteiger partial charge in [-0.1, -0.05) is 54.4 Å². The third kappa shape index (κ3) is 10.1. The first kappa shape index (κ1) is 44.4. The molecule has 1 fully saturated rings. The van der Waals surface area contributed by atoms with E-state index in [0.717, 1.165) is 46.5 Å². The lowest BCUT2D eigenvalue weighted by atomic mass is 9.65. The summed E-state index contributed by atoms with van der Waals surface area (Å²) in [5.41, 5.74) is -1.02. The number of rotatable bonds is 9. The number of aliphatic hydroxyl groups excluding tert-OH is 1. The second kappa shape index (κ2) is 16.7. The molecule has 0 radical (unpaired) electrons. The highest BCUT2D eigenvalue weighted by atomic mass is 35.5. The number of allylic oxidation sites excluding steroid dienone is 2. The largest absolute Gasteiger partial charge is 0.573 e. The van der Waals surface area contributed by atoms with E-state index in [9.17, 15) is 49.8 Å².